The number of ether oxygens (including phenoxy) is 2. The van der Waals surface area contributed by atoms with Crippen molar-refractivity contribution in [2.75, 3.05) is 26.4 Å². The van der Waals surface area contributed by atoms with E-state index >= 15 is 0 Å². The molecule has 2 aromatic rings. The van der Waals surface area contributed by atoms with E-state index in [1.165, 1.54) is 0 Å². The zero-order chi connectivity index (χ0) is 24.3. The molecule has 9 nitrogen and oxygen atoms in total. The van der Waals surface area contributed by atoms with Crippen molar-refractivity contribution in [1.82, 2.24) is 15.2 Å². The Labute approximate surface area is 195 Å². The predicted molar refractivity (Wildman–Crippen MR) is 127 cm³/mol. The molecule has 0 fully saturated rings. The van der Waals surface area contributed by atoms with Gasteiger partial charge in [0.2, 0.25) is 5.91 Å². The van der Waals surface area contributed by atoms with Crippen molar-refractivity contribution in [2.24, 2.45) is 5.73 Å². The van der Waals surface area contributed by atoms with E-state index in [0.717, 1.165) is 16.5 Å². The highest BCUT2D eigenvalue weighted by atomic mass is 16.6. The lowest BCUT2D eigenvalue weighted by Crippen LogP contribution is -2.58. The summed E-state index contributed by atoms with van der Waals surface area (Å²) in [7, 11) is 0. The summed E-state index contributed by atoms with van der Waals surface area (Å²) < 4.78 is 11.7. The highest BCUT2D eigenvalue weighted by molar-refractivity contribution is 5.84. The molecule has 0 spiro atoms. The van der Waals surface area contributed by atoms with Gasteiger partial charge in [-0.05, 0) is 51.7 Å². The van der Waals surface area contributed by atoms with E-state index in [1.54, 1.807) is 11.1 Å². The number of nitrogens with zero attached hydrogens (tertiary/aromatic N) is 2. The molecule has 0 aliphatic rings. The van der Waals surface area contributed by atoms with Crippen molar-refractivity contribution in [2.45, 2.75) is 58.3 Å². The van der Waals surface area contributed by atoms with Crippen LogP contribution in [0, 0.1) is 0 Å². The normalized spacial score (nSPS) is 13.9. The molecule has 9 heteroatoms. The minimum Gasteiger partial charge on any atom is -0.465 e. The quantitative estimate of drug-likeness (QED) is 0.292. The number of carbonyl (C=O) groups is 2. The van der Waals surface area contributed by atoms with E-state index in [0.29, 0.717) is 39.0 Å². The Morgan fingerprint density at radius 2 is 1.97 bits per heavy atom. The molecule has 2 rings (SSSR count). The first-order valence-corrected chi connectivity index (χ1v) is 11.4. The maximum absolute atomic E-state index is 13.6. The number of nitrogens with two attached hydrogens (primary N) is 1. The number of carboxylic acid groups (broad SMARTS) is 1. The Hall–Kier alpha value is -2.75. The third-order valence-corrected chi connectivity index (χ3v) is 5.45. The molecule has 4 N–H and O–H groups in total. The Morgan fingerprint density at radius 3 is 2.67 bits per heavy atom. The molecule has 0 unspecified atom stereocenters. The number of rotatable bonds is 14. The Balaban J connectivity index is 2.27. The average molecular weight is 461 g/mol. The van der Waals surface area contributed by atoms with Gasteiger partial charge in [0.25, 0.3) is 0 Å². The van der Waals surface area contributed by atoms with Crippen LogP contribution in [0.5, 0.6) is 0 Å². The zero-order valence-electron chi connectivity index (χ0n) is 19.8. The molecule has 0 aliphatic heterocycles. The molecule has 1 aromatic carbocycles. The fraction of sp³-hybridized carbons (Fsp3) is 0.542. The van der Waals surface area contributed by atoms with Crippen molar-refractivity contribution < 1.29 is 24.2 Å². The van der Waals surface area contributed by atoms with Crippen molar-refractivity contribution in [3.05, 3.63) is 42.1 Å². The second-order valence-corrected chi connectivity index (χ2v) is 8.00. The van der Waals surface area contributed by atoms with E-state index in [2.05, 4.69) is 10.3 Å². The number of amides is 2. The molecule has 0 saturated heterocycles. The van der Waals surface area contributed by atoms with Crippen LogP contribution in [0.3, 0.4) is 0 Å². The smallest absolute Gasteiger partial charge is 0.404 e. The number of hydrogen-bond acceptors (Lipinski definition) is 6. The van der Waals surface area contributed by atoms with Crippen LogP contribution in [0.25, 0.3) is 10.9 Å². The van der Waals surface area contributed by atoms with Gasteiger partial charge in [-0.1, -0.05) is 24.3 Å². The van der Waals surface area contributed by atoms with Gasteiger partial charge in [-0.2, -0.15) is 0 Å². The van der Waals surface area contributed by atoms with Gasteiger partial charge < -0.3 is 30.5 Å². The second-order valence-electron chi connectivity index (χ2n) is 8.00. The van der Waals surface area contributed by atoms with E-state index in [9.17, 15) is 9.59 Å². The number of para-hydroxylation sites is 1. The van der Waals surface area contributed by atoms with E-state index in [-0.39, 0.29) is 19.1 Å². The van der Waals surface area contributed by atoms with Crippen molar-refractivity contribution in [1.29, 1.82) is 0 Å². The molecular weight excluding hydrogens is 424 g/mol. The van der Waals surface area contributed by atoms with Crippen LogP contribution in [-0.4, -0.2) is 65.1 Å². The Morgan fingerprint density at radius 1 is 1.21 bits per heavy atom. The molecule has 0 bridgehead atoms. The topological polar surface area (TPSA) is 127 Å². The van der Waals surface area contributed by atoms with Crippen molar-refractivity contribution in [3.8, 4) is 0 Å². The molecule has 2 atom stereocenters. The number of aromatic nitrogens is 1. The van der Waals surface area contributed by atoms with Crippen LogP contribution in [0.1, 0.15) is 45.6 Å². The first kappa shape index (κ1) is 26.5. The predicted octanol–water partition coefficient (Wildman–Crippen LogP) is 3.12. The molecule has 33 heavy (non-hydrogen) atoms. The van der Waals surface area contributed by atoms with Crippen LogP contribution >= 0.6 is 0 Å². The van der Waals surface area contributed by atoms with Gasteiger partial charge in [-0.15, -0.1) is 0 Å². The highest BCUT2D eigenvalue weighted by Gasteiger charge is 2.38. The number of fused-ring (bicyclic) bond motifs is 1. The molecule has 1 heterocycles. The van der Waals surface area contributed by atoms with Crippen LogP contribution in [0.15, 0.2) is 36.5 Å². The summed E-state index contributed by atoms with van der Waals surface area (Å²) in [5.41, 5.74) is 7.01. The summed E-state index contributed by atoms with van der Waals surface area (Å²) in [5, 5.41) is 12.0. The first-order valence-electron chi connectivity index (χ1n) is 11.4. The number of carbonyl (C=O) groups excluding carboxylic acids is 1. The SMILES string of the molecule is CCOC[C@@](C)(OCC)N(Cc1cccc2cccnc12)C(=O)[C@@H](N)CCCCNC(=O)O. The van der Waals surface area contributed by atoms with Crippen LogP contribution in [-0.2, 0) is 20.8 Å². The fourth-order valence-electron chi connectivity index (χ4n) is 3.75. The van der Waals surface area contributed by atoms with Gasteiger partial charge >= 0.3 is 6.09 Å². The zero-order valence-corrected chi connectivity index (χ0v) is 19.8. The van der Waals surface area contributed by atoms with Crippen LogP contribution in [0.2, 0.25) is 0 Å². The largest absolute Gasteiger partial charge is 0.465 e. The monoisotopic (exact) mass is 460 g/mol. The summed E-state index contributed by atoms with van der Waals surface area (Å²) in [6, 6.07) is 8.99. The first-order chi connectivity index (χ1) is 15.8. The fourth-order valence-corrected chi connectivity index (χ4v) is 3.75. The van der Waals surface area contributed by atoms with Gasteiger partial charge in [-0.25, -0.2) is 4.79 Å². The van der Waals surface area contributed by atoms with Crippen LogP contribution < -0.4 is 11.1 Å². The average Bonchev–Trinajstić information content (AvgIpc) is 2.80. The van der Waals surface area contributed by atoms with Crippen molar-refractivity contribution >= 4 is 22.9 Å². The Kier molecular flexibility index (Phi) is 10.5. The number of unbranched alkanes of at least 4 members (excludes halogenated alkanes) is 1. The molecule has 2 amide bonds. The summed E-state index contributed by atoms with van der Waals surface area (Å²) in [5.74, 6) is -0.246. The molecule has 182 valence electrons. The van der Waals surface area contributed by atoms with E-state index in [4.69, 9.17) is 20.3 Å². The number of nitrogens with one attached hydrogen (secondary N) is 1. The second kappa shape index (κ2) is 13.1. The lowest BCUT2D eigenvalue weighted by Gasteiger charge is -2.42. The number of benzene rings is 1. The summed E-state index contributed by atoms with van der Waals surface area (Å²) in [4.78, 5) is 30.3. The molecule has 0 saturated carbocycles. The van der Waals surface area contributed by atoms with Crippen molar-refractivity contribution in [3.63, 3.8) is 0 Å². The summed E-state index contributed by atoms with van der Waals surface area (Å²) >= 11 is 0. The standard InChI is InChI=1S/C24H36N4O5/c1-4-32-17-24(3,33-5-2)28(22(29)20(25)13-6-7-14-27-23(30)31)16-19-11-8-10-18-12-9-15-26-21(18)19/h8-12,15,20,27H,4-7,13-14,16-17,25H2,1-3H3,(H,30,31)/t20-,24+/m0/s1. The molecular formula is C24H36N4O5. The van der Waals surface area contributed by atoms with Gasteiger partial charge in [0.05, 0.1) is 24.7 Å². The third-order valence-electron chi connectivity index (χ3n) is 5.45. The number of pyridine rings is 1. The van der Waals surface area contributed by atoms with E-state index in [1.807, 2.05) is 51.1 Å². The van der Waals surface area contributed by atoms with E-state index < -0.39 is 17.9 Å². The summed E-state index contributed by atoms with van der Waals surface area (Å²) in [6.07, 6.45) is 2.32. The maximum atomic E-state index is 13.6. The van der Waals surface area contributed by atoms with Gasteiger partial charge in [-0.3, -0.25) is 9.78 Å². The molecule has 1 aromatic heterocycles. The van der Waals surface area contributed by atoms with Crippen LogP contribution in [0.4, 0.5) is 4.79 Å². The highest BCUT2D eigenvalue weighted by Crippen LogP contribution is 2.26. The van der Waals surface area contributed by atoms with Gasteiger partial charge in [0.1, 0.15) is 0 Å². The summed E-state index contributed by atoms with van der Waals surface area (Å²) in [6.45, 7) is 7.29. The maximum Gasteiger partial charge on any atom is 0.404 e. The minimum absolute atomic E-state index is 0.205. The lowest BCUT2D eigenvalue weighted by molar-refractivity contribution is -0.191. The van der Waals surface area contributed by atoms with Gasteiger partial charge in [0, 0.05) is 31.3 Å². The Bertz CT molecular complexity index is 904. The minimum atomic E-state index is -1.06. The molecule has 0 aliphatic carbocycles. The number of hydrogen-bond donors (Lipinski definition) is 3. The van der Waals surface area contributed by atoms with Gasteiger partial charge in [0.15, 0.2) is 5.72 Å². The molecule has 0 radical (unpaired) electrons. The third kappa shape index (κ3) is 7.66. The lowest BCUT2D eigenvalue weighted by atomic mass is 10.0.